The molecule has 0 spiro atoms. The summed E-state index contributed by atoms with van der Waals surface area (Å²) in [7, 11) is 1.75. The molecule has 0 saturated carbocycles. The molecule has 0 N–H and O–H groups in total. The van der Waals surface area contributed by atoms with E-state index >= 15 is 0 Å². The van der Waals surface area contributed by atoms with Crippen LogP contribution < -0.4 is 0 Å². The number of carbonyl (C=O) groups excluding carboxylic acids is 1. The average Bonchev–Trinajstić information content (AvgIpc) is 3.01. The summed E-state index contributed by atoms with van der Waals surface area (Å²) in [4.78, 5) is 14.4. The Morgan fingerprint density at radius 2 is 2.17 bits per heavy atom. The molecule has 1 aliphatic rings. The van der Waals surface area contributed by atoms with E-state index in [4.69, 9.17) is 9.26 Å². The van der Waals surface area contributed by atoms with Crippen molar-refractivity contribution < 1.29 is 14.1 Å². The van der Waals surface area contributed by atoms with Crippen molar-refractivity contribution >= 4 is 5.91 Å². The minimum Gasteiger partial charge on any atom is -0.381 e. The van der Waals surface area contributed by atoms with Gasteiger partial charge >= 0.3 is 0 Å². The number of rotatable bonds is 4. The van der Waals surface area contributed by atoms with E-state index in [0.29, 0.717) is 18.8 Å². The van der Waals surface area contributed by atoms with Gasteiger partial charge in [-0.3, -0.25) is 4.79 Å². The maximum absolute atomic E-state index is 12.6. The molecule has 2 aromatic rings. The fourth-order valence-corrected chi connectivity index (χ4v) is 3.24. The Kier molecular flexibility index (Phi) is 4.76. The Morgan fingerprint density at radius 3 is 2.83 bits per heavy atom. The van der Waals surface area contributed by atoms with Crippen molar-refractivity contribution in [3.8, 4) is 0 Å². The summed E-state index contributed by atoms with van der Waals surface area (Å²) in [5, 5.41) is 3.80. The van der Waals surface area contributed by atoms with Gasteiger partial charge in [0.2, 0.25) is 5.76 Å². The van der Waals surface area contributed by atoms with Crippen molar-refractivity contribution in [2.75, 3.05) is 20.2 Å². The standard InChI is InChI=1S/C18H22N2O3/c1-13-10-17(23-19-13)18(21)20-9-8-16(22-2)15(12-20)11-14-6-4-3-5-7-14/h3-7,10,15-16H,8-9,11-12H2,1-2H3/t15-,16-/m1/s1. The molecule has 2 heterocycles. The van der Waals surface area contributed by atoms with Crippen LogP contribution in [0.25, 0.3) is 0 Å². The number of hydrogen-bond donors (Lipinski definition) is 0. The topological polar surface area (TPSA) is 55.6 Å². The first kappa shape index (κ1) is 15.7. The zero-order chi connectivity index (χ0) is 16.2. The molecule has 0 unspecified atom stereocenters. The summed E-state index contributed by atoms with van der Waals surface area (Å²) < 4.78 is 10.8. The molecule has 3 rings (SSSR count). The number of likely N-dealkylation sites (tertiary alicyclic amines) is 1. The molecule has 122 valence electrons. The van der Waals surface area contributed by atoms with Gasteiger partial charge in [0.05, 0.1) is 11.8 Å². The number of piperidine rings is 1. The molecule has 0 radical (unpaired) electrons. The van der Waals surface area contributed by atoms with Crippen molar-refractivity contribution in [3.05, 3.63) is 53.4 Å². The van der Waals surface area contributed by atoms with Crippen molar-refractivity contribution in [1.29, 1.82) is 0 Å². The highest BCUT2D eigenvalue weighted by atomic mass is 16.5. The van der Waals surface area contributed by atoms with Gasteiger partial charge in [-0.1, -0.05) is 35.5 Å². The zero-order valence-corrected chi connectivity index (χ0v) is 13.6. The molecule has 2 atom stereocenters. The van der Waals surface area contributed by atoms with Gasteiger partial charge in [0.25, 0.3) is 5.91 Å². The molecule has 1 saturated heterocycles. The van der Waals surface area contributed by atoms with Crippen LogP contribution in [-0.4, -0.2) is 42.3 Å². The summed E-state index contributed by atoms with van der Waals surface area (Å²) in [5.74, 6) is 0.513. The lowest BCUT2D eigenvalue weighted by molar-refractivity contribution is -0.00412. The molecule has 1 aromatic heterocycles. The predicted molar refractivity (Wildman–Crippen MR) is 86.2 cm³/mol. The third kappa shape index (κ3) is 3.62. The van der Waals surface area contributed by atoms with Crippen LogP contribution in [-0.2, 0) is 11.2 Å². The second kappa shape index (κ2) is 6.96. The van der Waals surface area contributed by atoms with E-state index in [9.17, 15) is 4.79 Å². The molecule has 5 heteroatoms. The highest BCUT2D eigenvalue weighted by Crippen LogP contribution is 2.25. The third-order valence-corrected chi connectivity index (χ3v) is 4.43. The maximum Gasteiger partial charge on any atom is 0.292 e. The number of aromatic nitrogens is 1. The number of ether oxygens (including phenoxy) is 1. The van der Waals surface area contributed by atoms with Gasteiger partial charge in [-0.05, 0) is 25.3 Å². The number of carbonyl (C=O) groups is 1. The van der Waals surface area contributed by atoms with E-state index in [1.807, 2.05) is 30.0 Å². The summed E-state index contributed by atoms with van der Waals surface area (Å²) in [6.07, 6.45) is 1.92. The van der Waals surface area contributed by atoms with Crippen LogP contribution in [0.1, 0.15) is 28.2 Å². The summed E-state index contributed by atoms with van der Waals surface area (Å²) >= 11 is 0. The second-order valence-corrected chi connectivity index (χ2v) is 6.10. The molecule has 0 aliphatic carbocycles. The monoisotopic (exact) mass is 314 g/mol. The van der Waals surface area contributed by atoms with Gasteiger partial charge in [0.1, 0.15) is 0 Å². The van der Waals surface area contributed by atoms with Crippen LogP contribution in [0.4, 0.5) is 0 Å². The number of nitrogens with zero attached hydrogens (tertiary/aromatic N) is 2. The van der Waals surface area contributed by atoms with Gasteiger partial charge in [0, 0.05) is 32.2 Å². The van der Waals surface area contributed by atoms with E-state index < -0.39 is 0 Å². The fraction of sp³-hybridized carbons (Fsp3) is 0.444. The minimum absolute atomic E-state index is 0.0850. The largest absolute Gasteiger partial charge is 0.381 e. The molecule has 0 bridgehead atoms. The summed E-state index contributed by atoms with van der Waals surface area (Å²) in [6, 6.07) is 12.0. The fourth-order valence-electron chi connectivity index (χ4n) is 3.24. The highest BCUT2D eigenvalue weighted by Gasteiger charge is 2.33. The number of hydrogen-bond acceptors (Lipinski definition) is 4. The quantitative estimate of drug-likeness (QED) is 0.870. The van der Waals surface area contributed by atoms with Crippen molar-refractivity contribution in [2.24, 2.45) is 5.92 Å². The van der Waals surface area contributed by atoms with Gasteiger partial charge in [-0.25, -0.2) is 0 Å². The number of amides is 1. The van der Waals surface area contributed by atoms with Crippen molar-refractivity contribution in [1.82, 2.24) is 10.1 Å². The van der Waals surface area contributed by atoms with Gasteiger partial charge in [-0.2, -0.15) is 0 Å². The Bertz CT molecular complexity index is 653. The second-order valence-electron chi connectivity index (χ2n) is 6.10. The van der Waals surface area contributed by atoms with Gasteiger partial charge in [-0.15, -0.1) is 0 Å². The van der Waals surface area contributed by atoms with Crippen LogP contribution in [0.3, 0.4) is 0 Å². The molecule has 1 aliphatic heterocycles. The van der Waals surface area contributed by atoms with Gasteiger partial charge < -0.3 is 14.2 Å². The predicted octanol–water partition coefficient (Wildman–Crippen LogP) is 2.70. The number of benzene rings is 1. The summed E-state index contributed by atoms with van der Waals surface area (Å²) in [6.45, 7) is 3.17. The Morgan fingerprint density at radius 1 is 1.39 bits per heavy atom. The molecule has 1 amide bonds. The van der Waals surface area contributed by atoms with E-state index in [0.717, 1.165) is 18.5 Å². The maximum atomic E-state index is 12.6. The van der Waals surface area contributed by atoms with Gasteiger partial charge in [0.15, 0.2) is 0 Å². The first-order valence-electron chi connectivity index (χ1n) is 7.96. The Balaban J connectivity index is 1.71. The lowest BCUT2D eigenvalue weighted by Gasteiger charge is -2.37. The molecule has 1 fully saturated rings. The Hall–Kier alpha value is -2.14. The molecular weight excluding hydrogens is 292 g/mol. The normalized spacial score (nSPS) is 21.4. The van der Waals surface area contributed by atoms with Crippen LogP contribution in [0, 0.1) is 12.8 Å². The lowest BCUT2D eigenvalue weighted by Crippen LogP contribution is -2.47. The molecule has 23 heavy (non-hydrogen) atoms. The van der Waals surface area contributed by atoms with E-state index in [2.05, 4.69) is 17.3 Å². The SMILES string of the molecule is CO[C@@H]1CCN(C(=O)c2cc(C)no2)C[C@H]1Cc1ccccc1. The van der Waals surface area contributed by atoms with Crippen LogP contribution in [0.5, 0.6) is 0 Å². The lowest BCUT2D eigenvalue weighted by atomic mass is 9.88. The smallest absolute Gasteiger partial charge is 0.292 e. The van der Waals surface area contributed by atoms with E-state index in [1.165, 1.54) is 5.56 Å². The van der Waals surface area contributed by atoms with E-state index in [1.54, 1.807) is 13.2 Å². The third-order valence-electron chi connectivity index (χ3n) is 4.43. The average molecular weight is 314 g/mol. The zero-order valence-electron chi connectivity index (χ0n) is 13.6. The number of aryl methyl sites for hydroxylation is 1. The van der Waals surface area contributed by atoms with Crippen LogP contribution in [0.2, 0.25) is 0 Å². The Labute approximate surface area is 136 Å². The van der Waals surface area contributed by atoms with Crippen molar-refractivity contribution in [3.63, 3.8) is 0 Å². The summed E-state index contributed by atoms with van der Waals surface area (Å²) in [5.41, 5.74) is 1.99. The van der Waals surface area contributed by atoms with Crippen LogP contribution in [0.15, 0.2) is 40.9 Å². The highest BCUT2D eigenvalue weighted by molar-refractivity contribution is 5.91. The molecular formula is C18H22N2O3. The first-order valence-corrected chi connectivity index (χ1v) is 7.96. The molecule has 1 aromatic carbocycles. The van der Waals surface area contributed by atoms with E-state index in [-0.39, 0.29) is 17.9 Å². The first-order chi connectivity index (χ1) is 11.2. The minimum atomic E-state index is -0.0850. The van der Waals surface area contributed by atoms with Crippen LogP contribution >= 0.6 is 0 Å². The molecule has 5 nitrogen and oxygen atoms in total. The van der Waals surface area contributed by atoms with Crippen molar-refractivity contribution in [2.45, 2.75) is 25.9 Å². The number of methoxy groups -OCH3 is 1.